The van der Waals surface area contributed by atoms with Gasteiger partial charge in [-0.1, -0.05) is 6.92 Å². The maximum absolute atomic E-state index is 13.6. The zero-order chi connectivity index (χ0) is 31.3. The van der Waals surface area contributed by atoms with Crippen LogP contribution < -0.4 is 29.3 Å². The predicted molar refractivity (Wildman–Crippen MR) is 156 cm³/mol. The van der Waals surface area contributed by atoms with Gasteiger partial charge in [0.05, 0.1) is 34.4 Å². The lowest BCUT2D eigenvalue weighted by atomic mass is 9.74. The topological polar surface area (TPSA) is 106 Å². The summed E-state index contributed by atoms with van der Waals surface area (Å²) in [4.78, 5) is 6.37. The highest BCUT2D eigenvalue weighted by Crippen LogP contribution is 2.42. The highest BCUT2D eigenvalue weighted by Gasteiger charge is 2.45. The molecule has 3 unspecified atom stereocenters. The second kappa shape index (κ2) is 13.4. The molecule has 0 saturated heterocycles. The van der Waals surface area contributed by atoms with Crippen LogP contribution in [0, 0.1) is 28.6 Å². The lowest BCUT2D eigenvalue weighted by molar-refractivity contribution is -0.186. The largest absolute Gasteiger partial charge is 0.497 e. The summed E-state index contributed by atoms with van der Waals surface area (Å²) >= 11 is 0. The molecule has 1 saturated carbocycles. The van der Waals surface area contributed by atoms with E-state index in [0.717, 1.165) is 11.1 Å². The fraction of sp³-hybridized carbons (Fsp3) is 0.452. The summed E-state index contributed by atoms with van der Waals surface area (Å²) in [5, 5.41) is 18.1. The molecule has 1 aliphatic rings. The van der Waals surface area contributed by atoms with Gasteiger partial charge in [-0.2, -0.15) is 13.2 Å². The van der Waals surface area contributed by atoms with Crippen LogP contribution in [0.1, 0.15) is 37.3 Å². The van der Waals surface area contributed by atoms with Crippen LogP contribution in [0.2, 0.25) is 0 Å². The molecule has 9 nitrogen and oxygen atoms in total. The standard InChI is InChI=1S/C31H38F3N5O4/c1-19-6-9-22(31(32,33)34)14-25(19)28(35)39-13-12-37-30(29(39)36)38(17-20-7-10-23(40-2)15-26(20)42-4)18-21-8-11-24(41-3)16-27(21)43-5/h7-8,10-13,15-16,19,22,25,35-36H,6,9,14,17-18H2,1-5H3. The van der Waals surface area contributed by atoms with Gasteiger partial charge in [-0.3, -0.25) is 15.4 Å². The second-order valence-corrected chi connectivity index (χ2v) is 10.7. The van der Waals surface area contributed by atoms with Gasteiger partial charge >= 0.3 is 6.18 Å². The van der Waals surface area contributed by atoms with Crippen molar-refractivity contribution in [2.45, 2.75) is 45.5 Å². The van der Waals surface area contributed by atoms with Crippen LogP contribution in [-0.4, -0.2) is 50.0 Å². The number of hydrogen-bond donors (Lipinski definition) is 2. The van der Waals surface area contributed by atoms with E-state index in [2.05, 4.69) is 4.98 Å². The van der Waals surface area contributed by atoms with Gasteiger partial charge in [-0.05, 0) is 49.4 Å². The first-order valence-corrected chi connectivity index (χ1v) is 13.9. The molecule has 3 aromatic rings. The molecule has 43 heavy (non-hydrogen) atoms. The number of methoxy groups -OCH3 is 4. The van der Waals surface area contributed by atoms with Gasteiger partial charge in [-0.15, -0.1) is 0 Å². The van der Waals surface area contributed by atoms with Crippen LogP contribution in [-0.2, 0) is 13.1 Å². The summed E-state index contributed by atoms with van der Waals surface area (Å²) in [6, 6.07) is 10.9. The lowest BCUT2D eigenvalue weighted by Gasteiger charge is -2.36. The van der Waals surface area contributed by atoms with E-state index in [1.165, 1.54) is 17.0 Å². The number of nitrogens with one attached hydrogen (secondary N) is 2. The Morgan fingerprint density at radius 1 is 0.930 bits per heavy atom. The predicted octanol–water partition coefficient (Wildman–Crippen LogP) is 6.04. The maximum atomic E-state index is 13.6. The van der Waals surface area contributed by atoms with Crippen molar-refractivity contribution in [1.82, 2.24) is 9.55 Å². The zero-order valence-electron chi connectivity index (χ0n) is 25.0. The Balaban J connectivity index is 1.76. The third kappa shape index (κ3) is 7.06. The normalized spacial score (nSPS) is 18.6. The third-order valence-electron chi connectivity index (χ3n) is 8.15. The van der Waals surface area contributed by atoms with Crippen LogP contribution in [0.4, 0.5) is 19.0 Å². The molecule has 12 heteroatoms. The number of alkyl halides is 3. The van der Waals surface area contributed by atoms with Crippen molar-refractivity contribution in [1.29, 1.82) is 10.8 Å². The van der Waals surface area contributed by atoms with E-state index in [1.54, 1.807) is 52.7 Å². The molecule has 2 N–H and O–H groups in total. The first-order valence-electron chi connectivity index (χ1n) is 13.9. The molecule has 2 aromatic carbocycles. The van der Waals surface area contributed by atoms with Gasteiger partial charge in [-0.25, -0.2) is 4.98 Å². The molecule has 0 bridgehead atoms. The second-order valence-electron chi connectivity index (χ2n) is 10.7. The Morgan fingerprint density at radius 2 is 1.49 bits per heavy atom. The van der Waals surface area contributed by atoms with E-state index in [4.69, 9.17) is 29.8 Å². The molecule has 232 valence electrons. The van der Waals surface area contributed by atoms with Crippen molar-refractivity contribution < 1.29 is 32.1 Å². The van der Waals surface area contributed by atoms with Gasteiger partial charge in [0.1, 0.15) is 28.8 Å². The molecule has 0 radical (unpaired) electrons. The first kappa shape index (κ1) is 31.7. The molecular weight excluding hydrogens is 563 g/mol. The highest BCUT2D eigenvalue weighted by molar-refractivity contribution is 5.84. The number of aromatic nitrogens is 2. The van der Waals surface area contributed by atoms with Crippen LogP contribution in [0.3, 0.4) is 0 Å². The minimum atomic E-state index is -4.32. The summed E-state index contributed by atoms with van der Waals surface area (Å²) in [5.41, 5.74) is 1.47. The number of benzene rings is 2. The number of nitrogens with zero attached hydrogens (tertiary/aromatic N) is 3. The highest BCUT2D eigenvalue weighted by atomic mass is 19.4. The Hall–Kier alpha value is -4.22. The van der Waals surface area contributed by atoms with E-state index in [0.29, 0.717) is 29.4 Å². The number of hydrogen-bond acceptors (Lipinski definition) is 8. The first-order chi connectivity index (χ1) is 20.5. The Morgan fingerprint density at radius 3 is 1.98 bits per heavy atom. The van der Waals surface area contributed by atoms with E-state index in [1.807, 2.05) is 24.0 Å². The smallest absolute Gasteiger partial charge is 0.391 e. The van der Waals surface area contributed by atoms with Crippen LogP contribution in [0.5, 0.6) is 23.0 Å². The number of anilines is 1. The van der Waals surface area contributed by atoms with Crippen molar-refractivity contribution in [2.24, 2.45) is 17.8 Å². The maximum Gasteiger partial charge on any atom is 0.391 e. The summed E-state index contributed by atoms with van der Waals surface area (Å²) in [5.74, 6) is 0.344. The van der Waals surface area contributed by atoms with Crippen molar-refractivity contribution in [3.8, 4) is 23.0 Å². The van der Waals surface area contributed by atoms with Crippen molar-refractivity contribution >= 4 is 11.7 Å². The Kier molecular flexibility index (Phi) is 9.87. The number of rotatable bonds is 10. The van der Waals surface area contributed by atoms with Gasteiger partial charge in [0.2, 0.25) is 0 Å². The molecule has 0 spiro atoms. The average Bonchev–Trinajstić information content (AvgIpc) is 3.00. The van der Waals surface area contributed by atoms with Gasteiger partial charge < -0.3 is 23.8 Å². The minimum absolute atomic E-state index is 0.0425. The van der Waals surface area contributed by atoms with E-state index in [-0.39, 0.29) is 49.0 Å². The van der Waals surface area contributed by atoms with Crippen molar-refractivity contribution in [3.05, 3.63) is 65.4 Å². The van der Waals surface area contributed by atoms with Crippen LogP contribution in [0.25, 0.3) is 0 Å². The molecule has 1 fully saturated rings. The Bertz CT molecular complexity index is 1440. The van der Waals surface area contributed by atoms with Gasteiger partial charge in [0.15, 0.2) is 11.3 Å². The van der Waals surface area contributed by atoms with E-state index >= 15 is 0 Å². The molecule has 1 heterocycles. The molecule has 4 rings (SSSR count). The monoisotopic (exact) mass is 601 g/mol. The lowest BCUT2D eigenvalue weighted by Crippen LogP contribution is -2.42. The molecular formula is C31H38F3N5O4. The number of ether oxygens (including phenoxy) is 4. The number of halogens is 3. The minimum Gasteiger partial charge on any atom is -0.497 e. The molecule has 0 aliphatic heterocycles. The average molecular weight is 602 g/mol. The fourth-order valence-electron chi connectivity index (χ4n) is 5.61. The Labute approximate surface area is 249 Å². The molecule has 1 aliphatic carbocycles. The SMILES string of the molecule is COc1ccc(CN(Cc2ccc(OC)cc2OC)c2nccn(C(=N)C3CC(C(F)(F)F)CCC3C)c2=N)c(OC)c1. The molecule has 1 aromatic heterocycles. The fourth-order valence-corrected chi connectivity index (χ4v) is 5.61. The van der Waals surface area contributed by atoms with E-state index < -0.39 is 18.0 Å². The quantitative estimate of drug-likeness (QED) is 0.217. The summed E-state index contributed by atoms with van der Waals surface area (Å²) in [6.45, 7) is 2.39. The summed E-state index contributed by atoms with van der Waals surface area (Å²) in [7, 11) is 6.24. The van der Waals surface area contributed by atoms with Crippen molar-refractivity contribution in [3.63, 3.8) is 0 Å². The third-order valence-corrected chi connectivity index (χ3v) is 8.15. The summed E-state index contributed by atoms with van der Waals surface area (Å²) < 4.78 is 64.1. The van der Waals surface area contributed by atoms with Gasteiger partial charge in [0.25, 0.3) is 0 Å². The van der Waals surface area contributed by atoms with Crippen LogP contribution >= 0.6 is 0 Å². The van der Waals surface area contributed by atoms with Crippen LogP contribution in [0.15, 0.2) is 48.8 Å². The van der Waals surface area contributed by atoms with E-state index in [9.17, 15) is 13.2 Å². The molecule has 0 amide bonds. The zero-order valence-corrected chi connectivity index (χ0v) is 25.0. The van der Waals surface area contributed by atoms with Gasteiger partial charge in [0, 0.05) is 54.7 Å². The van der Waals surface area contributed by atoms with Crippen molar-refractivity contribution in [2.75, 3.05) is 33.3 Å². The molecule has 3 atom stereocenters. The summed E-state index contributed by atoms with van der Waals surface area (Å²) in [6.07, 6.45) is -1.14.